The van der Waals surface area contributed by atoms with Crippen LogP contribution in [0.3, 0.4) is 0 Å². The van der Waals surface area contributed by atoms with E-state index >= 15 is 0 Å². The Morgan fingerprint density at radius 3 is 2.84 bits per heavy atom. The summed E-state index contributed by atoms with van der Waals surface area (Å²) in [5.41, 5.74) is 0.687. The van der Waals surface area contributed by atoms with Crippen LogP contribution in [0.25, 0.3) is 0 Å². The van der Waals surface area contributed by atoms with Crippen LogP contribution in [0.2, 0.25) is 0 Å². The number of amides is 2. The summed E-state index contributed by atoms with van der Waals surface area (Å²) in [5.74, 6) is -1.28. The zero-order valence-electron chi connectivity index (χ0n) is 13.7. The predicted molar refractivity (Wildman–Crippen MR) is 82.7 cm³/mol. The molecular weight excluding hydrogens is 375 g/mol. The van der Waals surface area contributed by atoms with Gasteiger partial charge in [0, 0.05) is 18.2 Å². The summed E-state index contributed by atoms with van der Waals surface area (Å²) >= 11 is 2.86. The fourth-order valence-electron chi connectivity index (χ4n) is 3.80. The van der Waals surface area contributed by atoms with Crippen LogP contribution in [0, 0.1) is 12.8 Å². The van der Waals surface area contributed by atoms with Crippen LogP contribution in [0.1, 0.15) is 11.4 Å². The zero-order valence-corrected chi connectivity index (χ0v) is 17.3. The second kappa shape index (κ2) is 6.99. The van der Waals surface area contributed by atoms with Crippen molar-refractivity contribution < 1.29 is 49.0 Å². The van der Waals surface area contributed by atoms with Crippen molar-refractivity contribution in [2.24, 2.45) is 5.92 Å². The van der Waals surface area contributed by atoms with Crippen molar-refractivity contribution in [1.29, 1.82) is 0 Å². The van der Waals surface area contributed by atoms with Crippen molar-refractivity contribution in [3.8, 4) is 0 Å². The number of carboxylic acid groups (broad SMARTS) is 1. The molecule has 0 aliphatic carbocycles. The number of thioether (sulfide) groups is 1. The van der Waals surface area contributed by atoms with Gasteiger partial charge in [-0.25, -0.2) is 0 Å². The van der Waals surface area contributed by atoms with Crippen LogP contribution < -0.4 is 34.7 Å². The van der Waals surface area contributed by atoms with Crippen molar-refractivity contribution in [1.82, 2.24) is 20.0 Å². The molecule has 1 aromatic heterocycles. The van der Waals surface area contributed by atoms with E-state index in [1.807, 2.05) is 6.92 Å². The molecule has 1 unspecified atom stereocenters. The minimum absolute atomic E-state index is 0. The van der Waals surface area contributed by atoms with Gasteiger partial charge in [-0.1, -0.05) is 23.1 Å². The second-order valence-corrected chi connectivity index (χ2v) is 8.32. The molecule has 2 saturated heterocycles. The minimum Gasteiger partial charge on any atom is -0.543 e. The van der Waals surface area contributed by atoms with Crippen LogP contribution in [0.5, 0.6) is 0 Å². The number of carboxylic acids is 1. The summed E-state index contributed by atoms with van der Waals surface area (Å²) in [6.07, 6.45) is 1.32. The molecule has 25 heavy (non-hydrogen) atoms. The molecule has 0 saturated carbocycles. The van der Waals surface area contributed by atoms with Gasteiger partial charge in [-0.05, 0) is 18.9 Å². The van der Waals surface area contributed by atoms with Gasteiger partial charge in [0.2, 0.25) is 6.41 Å². The molecule has 126 valence electrons. The van der Waals surface area contributed by atoms with Gasteiger partial charge in [0.1, 0.15) is 11.0 Å². The van der Waals surface area contributed by atoms with E-state index in [0.717, 1.165) is 9.35 Å². The van der Waals surface area contributed by atoms with E-state index in [-0.39, 0.29) is 53.1 Å². The number of hydrogen-bond donors (Lipinski definition) is 0. The second-order valence-electron chi connectivity index (χ2n) is 5.92. The van der Waals surface area contributed by atoms with Gasteiger partial charge < -0.3 is 19.7 Å². The zero-order chi connectivity index (χ0) is 17.0. The van der Waals surface area contributed by atoms with Crippen LogP contribution in [0.15, 0.2) is 15.6 Å². The Balaban J connectivity index is 0.00000182. The van der Waals surface area contributed by atoms with Gasteiger partial charge in [-0.2, -0.15) is 0 Å². The number of rotatable bonds is 5. The number of aromatic nitrogens is 2. The maximum atomic E-state index is 12.3. The van der Waals surface area contributed by atoms with Crippen molar-refractivity contribution in [2.45, 2.75) is 29.8 Å². The Labute approximate surface area is 173 Å². The maximum absolute atomic E-state index is 12.3. The van der Waals surface area contributed by atoms with E-state index in [0.29, 0.717) is 30.7 Å². The molecule has 4 rings (SSSR count). The molecular formula is C14H13N4NaO4S2. The van der Waals surface area contributed by atoms with Gasteiger partial charge >= 0.3 is 29.6 Å². The molecule has 0 spiro atoms. The molecule has 3 aliphatic heterocycles. The van der Waals surface area contributed by atoms with E-state index in [9.17, 15) is 19.5 Å². The van der Waals surface area contributed by atoms with Crippen LogP contribution >= 0.6 is 23.1 Å². The third kappa shape index (κ3) is 2.84. The summed E-state index contributed by atoms with van der Waals surface area (Å²) < 4.78 is 0.764. The molecule has 3 atom stereocenters. The Morgan fingerprint density at radius 1 is 1.48 bits per heavy atom. The standard InChI is InChI=1S/C14H14N4O4S2.Na/c1-6-15-16-14(24-6)23-4-8-7-2-3-17(5-19)11-9(7)18(12(11)20)10(8)13(21)22;/h5,7,9,11H,2-4H2,1H3,(H,21,22);/q;+1/p-1/t7?,9-,11+;/m1./s1. The summed E-state index contributed by atoms with van der Waals surface area (Å²) in [7, 11) is 0. The van der Waals surface area contributed by atoms with E-state index in [1.54, 1.807) is 0 Å². The third-order valence-corrected chi connectivity index (χ3v) is 6.78. The number of β-lactam (4-membered cyclic amide) rings is 1. The first-order chi connectivity index (χ1) is 11.5. The summed E-state index contributed by atoms with van der Waals surface area (Å²) in [6, 6.07) is -0.807. The Hall–Kier alpha value is -0.940. The Kier molecular flexibility index (Phi) is 5.27. The number of carbonyl (C=O) groups is 3. The van der Waals surface area contributed by atoms with Crippen LogP contribution in [-0.4, -0.2) is 62.7 Å². The maximum Gasteiger partial charge on any atom is 1.00 e. The topological polar surface area (TPSA) is 107 Å². The predicted octanol–water partition coefficient (Wildman–Crippen LogP) is -3.98. The van der Waals surface area contributed by atoms with Crippen molar-refractivity contribution >= 4 is 41.4 Å². The largest absolute Gasteiger partial charge is 1.00 e. The number of piperidine rings is 1. The van der Waals surface area contributed by atoms with Gasteiger partial charge in [0.15, 0.2) is 4.34 Å². The van der Waals surface area contributed by atoms with Gasteiger partial charge in [-0.3, -0.25) is 9.59 Å². The van der Waals surface area contributed by atoms with Crippen LogP contribution in [-0.2, 0) is 14.4 Å². The molecule has 0 N–H and O–H groups in total. The molecule has 8 nitrogen and oxygen atoms in total. The monoisotopic (exact) mass is 388 g/mol. The van der Waals surface area contributed by atoms with E-state index < -0.39 is 12.0 Å². The molecule has 0 radical (unpaired) electrons. The number of likely N-dealkylation sites (tertiary alicyclic amines) is 1. The molecule has 3 aliphatic rings. The summed E-state index contributed by atoms with van der Waals surface area (Å²) in [6.45, 7) is 2.31. The Bertz CT molecular complexity index is 783. The first-order valence-electron chi connectivity index (χ1n) is 7.44. The summed E-state index contributed by atoms with van der Waals surface area (Å²) in [5, 5.41) is 20.4. The smallest absolute Gasteiger partial charge is 0.543 e. The molecule has 2 fully saturated rings. The summed E-state index contributed by atoms with van der Waals surface area (Å²) in [4.78, 5) is 37.9. The van der Waals surface area contributed by atoms with Crippen molar-refractivity contribution in [3.05, 3.63) is 16.3 Å². The van der Waals surface area contributed by atoms with E-state index in [4.69, 9.17) is 0 Å². The van der Waals surface area contributed by atoms with Crippen LogP contribution in [0.4, 0.5) is 0 Å². The molecule has 0 bridgehead atoms. The van der Waals surface area contributed by atoms with E-state index in [1.165, 1.54) is 32.9 Å². The SMILES string of the molecule is Cc1nnc(SCC2=C(C(=O)[O-])N3C(=O)[C@@H]4[C@H]3C2CCN4C=O)s1.[Na+]. The van der Waals surface area contributed by atoms with Gasteiger partial charge in [0.05, 0.1) is 17.7 Å². The first-order valence-corrected chi connectivity index (χ1v) is 9.24. The third-order valence-electron chi connectivity index (χ3n) is 4.76. The molecule has 0 aromatic carbocycles. The van der Waals surface area contributed by atoms with Gasteiger partial charge in [-0.15, -0.1) is 10.2 Å². The average molecular weight is 388 g/mol. The normalized spacial score (nSPS) is 26.9. The van der Waals surface area contributed by atoms with Crippen molar-refractivity contribution in [2.75, 3.05) is 12.3 Å². The van der Waals surface area contributed by atoms with Gasteiger partial charge in [0.25, 0.3) is 5.91 Å². The fourth-order valence-corrected chi connectivity index (χ4v) is 5.72. The molecule has 4 heterocycles. The fraction of sp³-hybridized carbons (Fsp3) is 0.500. The molecule has 2 amide bonds. The Morgan fingerprint density at radius 2 is 2.24 bits per heavy atom. The minimum atomic E-state index is -1.34. The average Bonchev–Trinajstić information content (AvgIpc) is 3.11. The number of hydrogen-bond acceptors (Lipinski definition) is 8. The van der Waals surface area contributed by atoms with Crippen molar-refractivity contribution in [3.63, 3.8) is 0 Å². The quantitative estimate of drug-likeness (QED) is 0.219. The van der Waals surface area contributed by atoms with E-state index in [2.05, 4.69) is 10.2 Å². The first kappa shape index (κ1) is 18.8. The molecule has 11 heteroatoms. The number of nitrogens with zero attached hydrogens (tertiary/aromatic N) is 4. The number of aryl methyl sites for hydroxylation is 1. The number of carbonyl (C=O) groups excluding carboxylic acids is 3. The molecule has 1 aromatic rings. The number of aliphatic carboxylic acids is 1.